The summed E-state index contributed by atoms with van der Waals surface area (Å²) in [7, 11) is 0. The zero-order chi connectivity index (χ0) is 17.1. The van der Waals surface area contributed by atoms with Gasteiger partial charge < -0.3 is 15.0 Å². The van der Waals surface area contributed by atoms with Gasteiger partial charge in [-0.05, 0) is 62.8 Å². The molecule has 1 atom stereocenters. The van der Waals surface area contributed by atoms with Crippen LogP contribution in [0.1, 0.15) is 54.7 Å². The van der Waals surface area contributed by atoms with Gasteiger partial charge in [0.2, 0.25) is 0 Å². The van der Waals surface area contributed by atoms with E-state index in [0.717, 1.165) is 30.2 Å². The molecule has 0 saturated heterocycles. The first-order valence-electron chi connectivity index (χ1n) is 8.68. The summed E-state index contributed by atoms with van der Waals surface area (Å²) in [4.78, 5) is 27.4. The molecule has 0 radical (unpaired) electrons. The molecule has 0 bridgehead atoms. The molecule has 1 aromatic heterocycles. The number of aromatic nitrogens is 1. The smallest absolute Gasteiger partial charge is 0.338 e. The van der Waals surface area contributed by atoms with Crippen molar-refractivity contribution in [3.63, 3.8) is 0 Å². The number of nitrogens with one attached hydrogen (secondary N) is 2. The van der Waals surface area contributed by atoms with Crippen molar-refractivity contribution < 1.29 is 14.3 Å². The highest BCUT2D eigenvalue weighted by molar-refractivity contribution is 5.97. The highest BCUT2D eigenvalue weighted by Gasteiger charge is 2.18. The lowest BCUT2D eigenvalue weighted by Gasteiger charge is -2.12. The van der Waals surface area contributed by atoms with E-state index in [1.54, 1.807) is 6.07 Å². The van der Waals surface area contributed by atoms with E-state index in [2.05, 4.69) is 10.3 Å². The third-order valence-corrected chi connectivity index (χ3v) is 4.69. The molecule has 1 amide bonds. The molecule has 5 heteroatoms. The molecule has 2 N–H and O–H groups in total. The largest absolute Gasteiger partial charge is 0.452 e. The lowest BCUT2D eigenvalue weighted by Crippen LogP contribution is -2.35. The number of ether oxygens (including phenoxy) is 1. The van der Waals surface area contributed by atoms with Gasteiger partial charge in [-0.2, -0.15) is 0 Å². The second kappa shape index (κ2) is 7.07. The Morgan fingerprint density at radius 3 is 2.88 bits per heavy atom. The first-order chi connectivity index (χ1) is 11.6. The standard InChI is InChI=1S/C19H24N2O3/c1-3-12(2)20-18(22)11-24-19(23)13-8-9-17-15(10-13)14-6-4-5-7-16(14)21-17/h8-10,12,21H,3-7,11H2,1-2H3,(H,20,22)/t12-/m1/s1. The predicted molar refractivity (Wildman–Crippen MR) is 93.1 cm³/mol. The molecule has 1 aliphatic rings. The molecule has 0 fully saturated rings. The highest BCUT2D eigenvalue weighted by Crippen LogP contribution is 2.29. The molecule has 0 aliphatic heterocycles. The highest BCUT2D eigenvalue weighted by atomic mass is 16.5. The first-order valence-corrected chi connectivity index (χ1v) is 8.68. The van der Waals surface area contributed by atoms with E-state index in [1.807, 2.05) is 26.0 Å². The minimum atomic E-state index is -0.457. The van der Waals surface area contributed by atoms with Gasteiger partial charge in [0, 0.05) is 22.6 Å². The number of fused-ring (bicyclic) bond motifs is 3. The normalized spacial score (nSPS) is 14.9. The summed E-state index contributed by atoms with van der Waals surface area (Å²) in [6, 6.07) is 5.63. The van der Waals surface area contributed by atoms with Crippen LogP contribution in [0.15, 0.2) is 18.2 Å². The molecule has 24 heavy (non-hydrogen) atoms. The lowest BCUT2D eigenvalue weighted by atomic mass is 9.95. The van der Waals surface area contributed by atoms with Crippen LogP contribution >= 0.6 is 0 Å². The van der Waals surface area contributed by atoms with Crippen molar-refractivity contribution in [2.75, 3.05) is 6.61 Å². The maximum Gasteiger partial charge on any atom is 0.338 e. The fourth-order valence-electron chi connectivity index (χ4n) is 3.17. The van der Waals surface area contributed by atoms with Crippen LogP contribution in [0.4, 0.5) is 0 Å². The number of H-pyrrole nitrogens is 1. The third kappa shape index (κ3) is 3.45. The Bertz CT molecular complexity index is 763. The van der Waals surface area contributed by atoms with Crippen molar-refractivity contribution in [1.82, 2.24) is 10.3 Å². The van der Waals surface area contributed by atoms with Gasteiger partial charge in [-0.3, -0.25) is 4.79 Å². The third-order valence-electron chi connectivity index (χ3n) is 4.69. The Balaban J connectivity index is 1.70. The number of hydrogen-bond acceptors (Lipinski definition) is 3. The molecular weight excluding hydrogens is 304 g/mol. The van der Waals surface area contributed by atoms with Gasteiger partial charge in [-0.1, -0.05) is 6.92 Å². The van der Waals surface area contributed by atoms with Crippen LogP contribution in [0, 0.1) is 0 Å². The summed E-state index contributed by atoms with van der Waals surface area (Å²) in [5.74, 6) is -0.722. The zero-order valence-electron chi connectivity index (χ0n) is 14.3. The van der Waals surface area contributed by atoms with Crippen molar-refractivity contribution in [1.29, 1.82) is 0 Å². The van der Waals surface area contributed by atoms with Gasteiger partial charge in [0.1, 0.15) is 0 Å². The molecule has 1 aliphatic carbocycles. The molecule has 1 heterocycles. The van der Waals surface area contributed by atoms with Crippen molar-refractivity contribution in [3.8, 4) is 0 Å². The molecular formula is C19H24N2O3. The van der Waals surface area contributed by atoms with E-state index >= 15 is 0 Å². The van der Waals surface area contributed by atoms with E-state index in [4.69, 9.17) is 4.74 Å². The number of aryl methyl sites for hydroxylation is 2. The number of benzene rings is 1. The van der Waals surface area contributed by atoms with Crippen LogP contribution in [0.2, 0.25) is 0 Å². The summed E-state index contributed by atoms with van der Waals surface area (Å²) in [6.07, 6.45) is 5.35. The average Bonchev–Trinajstić information content (AvgIpc) is 2.97. The van der Waals surface area contributed by atoms with Crippen LogP contribution in [0.3, 0.4) is 0 Å². The Morgan fingerprint density at radius 1 is 1.29 bits per heavy atom. The molecule has 5 nitrogen and oxygen atoms in total. The van der Waals surface area contributed by atoms with Crippen LogP contribution in [0.25, 0.3) is 10.9 Å². The number of rotatable bonds is 5. The van der Waals surface area contributed by atoms with E-state index in [0.29, 0.717) is 5.56 Å². The van der Waals surface area contributed by atoms with Crippen LogP contribution < -0.4 is 5.32 Å². The van der Waals surface area contributed by atoms with Crippen LogP contribution in [-0.2, 0) is 22.4 Å². The quantitative estimate of drug-likeness (QED) is 0.829. The van der Waals surface area contributed by atoms with Gasteiger partial charge in [0.05, 0.1) is 5.56 Å². The summed E-state index contributed by atoms with van der Waals surface area (Å²) in [5.41, 5.74) is 4.16. The topological polar surface area (TPSA) is 71.2 Å². The minimum absolute atomic E-state index is 0.0823. The minimum Gasteiger partial charge on any atom is -0.452 e. The van der Waals surface area contributed by atoms with Crippen molar-refractivity contribution in [2.24, 2.45) is 0 Å². The summed E-state index contributed by atoms with van der Waals surface area (Å²) in [5, 5.41) is 3.88. The molecule has 0 unspecified atom stereocenters. The van der Waals surface area contributed by atoms with Gasteiger partial charge in [0.25, 0.3) is 5.91 Å². The molecule has 128 valence electrons. The predicted octanol–water partition coefficient (Wildman–Crippen LogP) is 3.12. The average molecular weight is 328 g/mol. The van der Waals surface area contributed by atoms with Gasteiger partial charge in [-0.15, -0.1) is 0 Å². The molecule has 0 saturated carbocycles. The Labute approximate surface area is 141 Å². The number of carbonyl (C=O) groups excluding carboxylic acids is 2. The maximum absolute atomic E-state index is 12.2. The fourth-order valence-corrected chi connectivity index (χ4v) is 3.17. The van der Waals surface area contributed by atoms with Gasteiger partial charge in [-0.25, -0.2) is 4.79 Å². The fraction of sp³-hybridized carbons (Fsp3) is 0.474. The van der Waals surface area contributed by atoms with Crippen LogP contribution in [0.5, 0.6) is 0 Å². The Kier molecular flexibility index (Phi) is 4.88. The number of hydrogen-bond donors (Lipinski definition) is 2. The zero-order valence-corrected chi connectivity index (χ0v) is 14.3. The van der Waals surface area contributed by atoms with Crippen LogP contribution in [-0.4, -0.2) is 29.5 Å². The van der Waals surface area contributed by atoms with Gasteiger partial charge in [0.15, 0.2) is 6.61 Å². The second-order valence-electron chi connectivity index (χ2n) is 6.50. The Morgan fingerprint density at radius 2 is 2.08 bits per heavy atom. The van der Waals surface area contributed by atoms with Gasteiger partial charge >= 0.3 is 5.97 Å². The van der Waals surface area contributed by atoms with E-state index in [-0.39, 0.29) is 18.6 Å². The maximum atomic E-state index is 12.2. The second-order valence-corrected chi connectivity index (χ2v) is 6.50. The molecule has 0 spiro atoms. The van der Waals surface area contributed by atoms with Crippen molar-refractivity contribution >= 4 is 22.8 Å². The first kappa shape index (κ1) is 16.6. The summed E-state index contributed by atoms with van der Waals surface area (Å²) >= 11 is 0. The molecule has 2 aromatic rings. The van der Waals surface area contributed by atoms with Crippen molar-refractivity contribution in [3.05, 3.63) is 35.0 Å². The lowest BCUT2D eigenvalue weighted by molar-refractivity contribution is -0.124. The van der Waals surface area contributed by atoms with E-state index in [1.165, 1.54) is 24.1 Å². The number of amides is 1. The van der Waals surface area contributed by atoms with E-state index < -0.39 is 5.97 Å². The monoisotopic (exact) mass is 328 g/mol. The summed E-state index contributed by atoms with van der Waals surface area (Å²) in [6.45, 7) is 3.67. The number of carbonyl (C=O) groups is 2. The van der Waals surface area contributed by atoms with Crippen molar-refractivity contribution in [2.45, 2.75) is 52.0 Å². The van der Waals surface area contributed by atoms with E-state index in [9.17, 15) is 9.59 Å². The summed E-state index contributed by atoms with van der Waals surface area (Å²) < 4.78 is 5.14. The number of esters is 1. The molecule has 1 aromatic carbocycles. The Hall–Kier alpha value is -2.30. The number of aromatic amines is 1. The SMILES string of the molecule is CC[C@@H](C)NC(=O)COC(=O)c1ccc2[nH]c3c(c2c1)CCCC3. The molecule has 3 rings (SSSR count).